The zero-order valence-electron chi connectivity index (χ0n) is 11.0. The van der Waals surface area contributed by atoms with E-state index in [-0.39, 0.29) is 22.7 Å². The number of nitrogens with zero attached hydrogens (tertiary/aromatic N) is 1. The van der Waals surface area contributed by atoms with Gasteiger partial charge in [0.15, 0.2) is 5.82 Å². The average molecular weight is 285 g/mol. The first-order valence-corrected chi connectivity index (χ1v) is 7.01. The van der Waals surface area contributed by atoms with Crippen LogP contribution >= 0.6 is 11.6 Å². The van der Waals surface area contributed by atoms with E-state index in [1.807, 2.05) is 0 Å². The molecule has 1 N–H and O–H groups in total. The van der Waals surface area contributed by atoms with Gasteiger partial charge in [-0.2, -0.15) is 0 Å². The van der Waals surface area contributed by atoms with Gasteiger partial charge in [-0.1, -0.05) is 24.6 Å². The van der Waals surface area contributed by atoms with Crippen molar-refractivity contribution in [3.8, 4) is 0 Å². The van der Waals surface area contributed by atoms with Crippen molar-refractivity contribution in [1.82, 2.24) is 5.32 Å². The zero-order chi connectivity index (χ0) is 13.8. The summed E-state index contributed by atoms with van der Waals surface area (Å²) in [5.41, 5.74) is 0.278. The van der Waals surface area contributed by atoms with Crippen LogP contribution < -0.4 is 10.2 Å². The quantitative estimate of drug-likeness (QED) is 0.922. The second kappa shape index (κ2) is 6.35. The maximum atomic E-state index is 14.0. The third-order valence-corrected chi connectivity index (χ3v) is 3.59. The van der Waals surface area contributed by atoms with Crippen molar-refractivity contribution in [1.29, 1.82) is 0 Å². The maximum absolute atomic E-state index is 14.0. The molecule has 1 unspecified atom stereocenters. The van der Waals surface area contributed by atoms with Crippen molar-refractivity contribution in [2.75, 3.05) is 18.0 Å². The number of hydrogen-bond acceptors (Lipinski definition) is 2. The van der Waals surface area contributed by atoms with E-state index in [2.05, 4.69) is 12.2 Å². The Morgan fingerprint density at radius 1 is 1.53 bits per heavy atom. The molecule has 0 spiro atoms. The summed E-state index contributed by atoms with van der Waals surface area (Å²) in [7, 11) is 0. The zero-order valence-corrected chi connectivity index (χ0v) is 11.7. The van der Waals surface area contributed by atoms with Crippen molar-refractivity contribution in [3.05, 3.63) is 29.0 Å². The van der Waals surface area contributed by atoms with Gasteiger partial charge in [0, 0.05) is 6.54 Å². The summed E-state index contributed by atoms with van der Waals surface area (Å²) in [5, 5.41) is 3.26. The number of carbonyl (C=O) groups excluding carboxylic acids is 1. The lowest BCUT2D eigenvalue weighted by atomic mass is 10.0. The van der Waals surface area contributed by atoms with Crippen LogP contribution in [0, 0.1) is 5.82 Å². The van der Waals surface area contributed by atoms with Crippen LogP contribution in [-0.2, 0) is 4.79 Å². The molecule has 1 aromatic carbocycles. The predicted octanol–water partition coefficient (Wildman–Crippen LogP) is 2.97. The van der Waals surface area contributed by atoms with Crippen LogP contribution in [0.2, 0.25) is 5.02 Å². The number of carbonyl (C=O) groups is 1. The highest BCUT2D eigenvalue weighted by Gasteiger charge is 2.30. The molecule has 1 aromatic rings. The number of nitrogens with one attached hydrogen (secondary N) is 1. The molecule has 1 amide bonds. The molecule has 1 atom stereocenters. The third-order valence-electron chi connectivity index (χ3n) is 3.30. The highest BCUT2D eigenvalue weighted by atomic mass is 35.5. The second-order valence-corrected chi connectivity index (χ2v) is 5.12. The third kappa shape index (κ3) is 3.07. The topological polar surface area (TPSA) is 32.3 Å². The molecule has 1 aliphatic rings. The Morgan fingerprint density at radius 2 is 2.32 bits per heavy atom. The van der Waals surface area contributed by atoms with Crippen LogP contribution in [0.3, 0.4) is 0 Å². The predicted molar refractivity (Wildman–Crippen MR) is 75.1 cm³/mol. The van der Waals surface area contributed by atoms with Gasteiger partial charge >= 0.3 is 0 Å². The van der Waals surface area contributed by atoms with Crippen LogP contribution in [0.1, 0.15) is 26.2 Å². The molecule has 19 heavy (non-hydrogen) atoms. The van der Waals surface area contributed by atoms with Gasteiger partial charge in [-0.05, 0) is 37.9 Å². The van der Waals surface area contributed by atoms with Gasteiger partial charge in [0.1, 0.15) is 0 Å². The Labute approximate surface area is 117 Å². The maximum Gasteiger partial charge on any atom is 0.244 e. The first kappa shape index (κ1) is 14.3. The highest BCUT2D eigenvalue weighted by molar-refractivity contribution is 6.31. The highest BCUT2D eigenvalue weighted by Crippen LogP contribution is 2.28. The Hall–Kier alpha value is -1.13. The number of piperidine rings is 1. The van der Waals surface area contributed by atoms with Gasteiger partial charge < -0.3 is 10.2 Å². The molecular weight excluding hydrogens is 267 g/mol. The fraction of sp³-hybridized carbons (Fsp3) is 0.500. The van der Waals surface area contributed by atoms with Crippen LogP contribution in [0.15, 0.2) is 18.2 Å². The normalized spacial score (nSPS) is 19.8. The summed E-state index contributed by atoms with van der Waals surface area (Å²) in [5.74, 6) is -0.588. The van der Waals surface area contributed by atoms with E-state index in [4.69, 9.17) is 11.6 Å². The Balaban J connectivity index is 2.19. The number of benzene rings is 1. The molecule has 0 aliphatic carbocycles. The number of rotatable bonds is 4. The number of halogens is 2. The number of anilines is 1. The molecule has 1 fully saturated rings. The van der Waals surface area contributed by atoms with Crippen LogP contribution in [0.25, 0.3) is 0 Å². The van der Waals surface area contributed by atoms with Crippen LogP contribution in [0.4, 0.5) is 10.1 Å². The van der Waals surface area contributed by atoms with E-state index < -0.39 is 5.82 Å². The molecule has 3 nitrogen and oxygen atoms in total. The van der Waals surface area contributed by atoms with Gasteiger partial charge in [-0.15, -0.1) is 0 Å². The molecular formula is C14H18ClFN2O. The minimum Gasteiger partial charge on any atom is -0.308 e. The molecule has 1 heterocycles. The Bertz CT molecular complexity index is 467. The monoisotopic (exact) mass is 284 g/mol. The lowest BCUT2D eigenvalue weighted by Gasteiger charge is -2.33. The second-order valence-electron chi connectivity index (χ2n) is 4.71. The van der Waals surface area contributed by atoms with E-state index >= 15 is 0 Å². The molecule has 0 aromatic heterocycles. The lowest BCUT2D eigenvalue weighted by Crippen LogP contribution is -2.51. The summed E-state index contributed by atoms with van der Waals surface area (Å²) in [6.45, 7) is 3.39. The standard InChI is InChI=1S/C14H18ClFN2O/c1-2-8-17-11-6-4-9-18(14(11)19)12-7-3-5-10(15)13(12)16/h3,5,7,11,17H,2,4,6,8-9H2,1H3. The van der Waals surface area contributed by atoms with Gasteiger partial charge in [0.25, 0.3) is 0 Å². The minimum atomic E-state index is -0.520. The molecule has 1 saturated heterocycles. The Kier molecular flexibility index (Phi) is 4.77. The van der Waals surface area contributed by atoms with Crippen molar-refractivity contribution in [2.45, 2.75) is 32.2 Å². The summed E-state index contributed by atoms with van der Waals surface area (Å²) in [6.07, 6.45) is 2.63. The smallest absolute Gasteiger partial charge is 0.244 e. The number of hydrogen-bond donors (Lipinski definition) is 1. The lowest BCUT2D eigenvalue weighted by molar-refractivity contribution is -0.121. The summed E-state index contributed by atoms with van der Waals surface area (Å²) in [4.78, 5) is 13.8. The number of amides is 1. The van der Waals surface area contributed by atoms with E-state index in [0.717, 1.165) is 25.8 Å². The van der Waals surface area contributed by atoms with Crippen LogP contribution in [-0.4, -0.2) is 25.0 Å². The average Bonchev–Trinajstić information content (AvgIpc) is 2.41. The molecule has 0 radical (unpaired) electrons. The van der Waals surface area contributed by atoms with Crippen molar-refractivity contribution >= 4 is 23.2 Å². The van der Waals surface area contributed by atoms with Crippen molar-refractivity contribution in [2.24, 2.45) is 0 Å². The van der Waals surface area contributed by atoms with Crippen molar-refractivity contribution < 1.29 is 9.18 Å². The molecule has 0 bridgehead atoms. The Morgan fingerprint density at radius 3 is 3.05 bits per heavy atom. The summed E-state index contributed by atoms with van der Waals surface area (Å²) in [6, 6.07) is 4.53. The minimum absolute atomic E-state index is 0.0499. The van der Waals surface area contributed by atoms with E-state index in [9.17, 15) is 9.18 Å². The van der Waals surface area contributed by atoms with E-state index in [0.29, 0.717) is 6.54 Å². The van der Waals surface area contributed by atoms with Crippen molar-refractivity contribution in [3.63, 3.8) is 0 Å². The molecule has 2 rings (SSSR count). The first-order valence-electron chi connectivity index (χ1n) is 6.64. The van der Waals surface area contributed by atoms with Gasteiger partial charge in [0.2, 0.25) is 5.91 Å². The molecule has 5 heteroatoms. The summed E-state index contributed by atoms with van der Waals surface area (Å²) >= 11 is 5.77. The van der Waals surface area contributed by atoms with Gasteiger partial charge in [0.05, 0.1) is 16.8 Å². The largest absolute Gasteiger partial charge is 0.308 e. The summed E-state index contributed by atoms with van der Waals surface area (Å²) < 4.78 is 14.0. The first-order chi connectivity index (χ1) is 9.15. The fourth-order valence-electron chi connectivity index (χ4n) is 2.32. The fourth-order valence-corrected chi connectivity index (χ4v) is 2.49. The van der Waals surface area contributed by atoms with Crippen LogP contribution in [0.5, 0.6) is 0 Å². The molecule has 1 aliphatic heterocycles. The van der Waals surface area contributed by atoms with Gasteiger partial charge in [-0.25, -0.2) is 4.39 Å². The SMILES string of the molecule is CCCNC1CCCN(c2cccc(Cl)c2F)C1=O. The molecule has 104 valence electrons. The van der Waals surface area contributed by atoms with Gasteiger partial charge in [-0.3, -0.25) is 4.79 Å². The molecule has 0 saturated carbocycles. The van der Waals surface area contributed by atoms with E-state index in [1.165, 1.54) is 11.0 Å². The van der Waals surface area contributed by atoms with E-state index in [1.54, 1.807) is 12.1 Å².